The molecule has 0 amide bonds. The second kappa shape index (κ2) is 6.48. The van der Waals surface area contributed by atoms with Crippen molar-refractivity contribution in [2.24, 2.45) is 5.73 Å². The first-order valence-corrected chi connectivity index (χ1v) is 7.39. The fourth-order valence-electron chi connectivity index (χ4n) is 2.80. The molecule has 1 aromatic rings. The molecule has 1 fully saturated rings. The lowest BCUT2D eigenvalue weighted by atomic mass is 9.83. The standard InChI is InChI=1S/C14H25N3O2/c1-3-9-18-10-11(15)12-16-13(19-17-12)14(4-2)7-5-6-8-14/h11H,3-10,15H2,1-2H3. The van der Waals surface area contributed by atoms with Gasteiger partial charge in [0, 0.05) is 12.0 Å². The van der Waals surface area contributed by atoms with Crippen molar-refractivity contribution in [2.45, 2.75) is 63.8 Å². The summed E-state index contributed by atoms with van der Waals surface area (Å²) in [6, 6.07) is -0.292. The lowest BCUT2D eigenvalue weighted by molar-refractivity contribution is 0.119. The van der Waals surface area contributed by atoms with E-state index in [1.807, 2.05) is 0 Å². The molecule has 0 saturated heterocycles. The molecular weight excluding hydrogens is 242 g/mol. The summed E-state index contributed by atoms with van der Waals surface area (Å²) < 4.78 is 10.9. The molecule has 1 aromatic heterocycles. The number of aromatic nitrogens is 2. The summed E-state index contributed by atoms with van der Waals surface area (Å²) in [5.74, 6) is 1.35. The van der Waals surface area contributed by atoms with Crippen LogP contribution in [0.2, 0.25) is 0 Å². The van der Waals surface area contributed by atoms with Crippen LogP contribution in [-0.2, 0) is 10.2 Å². The van der Waals surface area contributed by atoms with Crippen molar-refractivity contribution in [2.75, 3.05) is 13.2 Å². The smallest absolute Gasteiger partial charge is 0.232 e. The van der Waals surface area contributed by atoms with E-state index in [0.29, 0.717) is 12.4 Å². The summed E-state index contributed by atoms with van der Waals surface area (Å²) in [6.45, 7) is 5.44. The van der Waals surface area contributed by atoms with Gasteiger partial charge in [-0.3, -0.25) is 0 Å². The van der Waals surface area contributed by atoms with Crippen LogP contribution < -0.4 is 5.73 Å². The molecule has 0 bridgehead atoms. The van der Waals surface area contributed by atoms with E-state index >= 15 is 0 Å². The Morgan fingerprint density at radius 3 is 2.74 bits per heavy atom. The van der Waals surface area contributed by atoms with Gasteiger partial charge in [-0.2, -0.15) is 4.98 Å². The van der Waals surface area contributed by atoms with Crippen LogP contribution in [0.15, 0.2) is 4.52 Å². The van der Waals surface area contributed by atoms with E-state index in [1.54, 1.807) is 0 Å². The van der Waals surface area contributed by atoms with Crippen molar-refractivity contribution in [1.29, 1.82) is 0 Å². The van der Waals surface area contributed by atoms with Gasteiger partial charge in [0.1, 0.15) is 0 Å². The zero-order valence-corrected chi connectivity index (χ0v) is 12.0. The molecule has 108 valence electrons. The molecule has 1 atom stereocenters. The Labute approximate surface area is 114 Å². The van der Waals surface area contributed by atoms with E-state index in [0.717, 1.165) is 38.2 Å². The Hall–Kier alpha value is -0.940. The lowest BCUT2D eigenvalue weighted by Crippen LogP contribution is -2.22. The molecule has 5 heteroatoms. The summed E-state index contributed by atoms with van der Waals surface area (Å²) in [4.78, 5) is 4.53. The molecule has 0 spiro atoms. The molecular formula is C14H25N3O2. The van der Waals surface area contributed by atoms with E-state index in [9.17, 15) is 0 Å². The SMILES string of the molecule is CCCOCC(N)c1noc(C2(CC)CCCC2)n1. The Balaban J connectivity index is 2.01. The van der Waals surface area contributed by atoms with Crippen LogP contribution in [0, 0.1) is 0 Å². The maximum Gasteiger partial charge on any atom is 0.232 e. The highest BCUT2D eigenvalue weighted by atomic mass is 16.5. The number of nitrogens with zero attached hydrogens (tertiary/aromatic N) is 2. The summed E-state index contributed by atoms with van der Waals surface area (Å²) in [6.07, 6.45) is 6.83. The average molecular weight is 267 g/mol. The molecule has 2 rings (SSSR count). The first-order chi connectivity index (χ1) is 9.22. The van der Waals surface area contributed by atoms with Crippen molar-refractivity contribution in [3.05, 3.63) is 11.7 Å². The van der Waals surface area contributed by atoms with Crippen molar-refractivity contribution >= 4 is 0 Å². The zero-order chi connectivity index (χ0) is 13.7. The first kappa shape index (κ1) is 14.5. The average Bonchev–Trinajstić information content (AvgIpc) is 3.08. The third-order valence-electron chi connectivity index (χ3n) is 4.11. The Kier molecular flexibility index (Phi) is 4.93. The summed E-state index contributed by atoms with van der Waals surface area (Å²) >= 11 is 0. The highest BCUT2D eigenvalue weighted by Crippen LogP contribution is 2.42. The summed E-state index contributed by atoms with van der Waals surface area (Å²) in [7, 11) is 0. The topological polar surface area (TPSA) is 74.2 Å². The lowest BCUT2D eigenvalue weighted by Gasteiger charge is -2.21. The highest BCUT2D eigenvalue weighted by Gasteiger charge is 2.39. The number of nitrogens with two attached hydrogens (primary N) is 1. The third-order valence-corrected chi connectivity index (χ3v) is 4.11. The van der Waals surface area contributed by atoms with E-state index in [-0.39, 0.29) is 11.5 Å². The van der Waals surface area contributed by atoms with Gasteiger partial charge in [-0.25, -0.2) is 0 Å². The number of hydrogen-bond acceptors (Lipinski definition) is 5. The molecule has 1 aliphatic rings. The van der Waals surface area contributed by atoms with E-state index < -0.39 is 0 Å². The predicted molar refractivity (Wildman–Crippen MR) is 72.8 cm³/mol. The van der Waals surface area contributed by atoms with Crippen LogP contribution in [0.25, 0.3) is 0 Å². The van der Waals surface area contributed by atoms with E-state index in [4.69, 9.17) is 15.0 Å². The number of rotatable bonds is 7. The van der Waals surface area contributed by atoms with Gasteiger partial charge in [-0.1, -0.05) is 31.8 Å². The van der Waals surface area contributed by atoms with Crippen LogP contribution in [0.4, 0.5) is 0 Å². The molecule has 0 radical (unpaired) electrons. The van der Waals surface area contributed by atoms with Gasteiger partial charge in [0.15, 0.2) is 5.82 Å². The van der Waals surface area contributed by atoms with Gasteiger partial charge in [-0.15, -0.1) is 0 Å². The second-order valence-electron chi connectivity index (χ2n) is 5.48. The molecule has 19 heavy (non-hydrogen) atoms. The third kappa shape index (κ3) is 3.15. The van der Waals surface area contributed by atoms with Gasteiger partial charge in [0.05, 0.1) is 12.6 Å². The van der Waals surface area contributed by atoms with Crippen molar-refractivity contribution in [3.8, 4) is 0 Å². The Bertz CT molecular complexity index is 386. The number of hydrogen-bond donors (Lipinski definition) is 1. The van der Waals surface area contributed by atoms with Crippen molar-refractivity contribution in [1.82, 2.24) is 10.1 Å². The maximum absolute atomic E-state index is 6.02. The van der Waals surface area contributed by atoms with Gasteiger partial charge in [-0.05, 0) is 25.7 Å². The van der Waals surface area contributed by atoms with Crippen LogP contribution in [0.3, 0.4) is 0 Å². The molecule has 1 aliphatic carbocycles. The minimum absolute atomic E-state index is 0.0925. The minimum atomic E-state index is -0.292. The Morgan fingerprint density at radius 2 is 2.11 bits per heavy atom. The largest absolute Gasteiger partial charge is 0.379 e. The van der Waals surface area contributed by atoms with Crippen LogP contribution in [0.5, 0.6) is 0 Å². The second-order valence-corrected chi connectivity index (χ2v) is 5.48. The van der Waals surface area contributed by atoms with Crippen LogP contribution in [-0.4, -0.2) is 23.4 Å². The quantitative estimate of drug-likeness (QED) is 0.769. The summed E-state index contributed by atoms with van der Waals surface area (Å²) in [5, 5.41) is 4.04. The molecule has 1 saturated carbocycles. The fraction of sp³-hybridized carbons (Fsp3) is 0.857. The maximum atomic E-state index is 6.02. The van der Waals surface area contributed by atoms with Gasteiger partial charge >= 0.3 is 0 Å². The fourth-order valence-corrected chi connectivity index (χ4v) is 2.80. The molecule has 5 nitrogen and oxygen atoms in total. The zero-order valence-electron chi connectivity index (χ0n) is 12.0. The summed E-state index contributed by atoms with van der Waals surface area (Å²) in [5.41, 5.74) is 6.11. The van der Waals surface area contributed by atoms with E-state index in [1.165, 1.54) is 12.8 Å². The van der Waals surface area contributed by atoms with Crippen molar-refractivity contribution < 1.29 is 9.26 Å². The van der Waals surface area contributed by atoms with Gasteiger partial charge in [0.25, 0.3) is 0 Å². The molecule has 0 aliphatic heterocycles. The highest BCUT2D eigenvalue weighted by molar-refractivity contribution is 5.08. The molecule has 0 aromatic carbocycles. The minimum Gasteiger partial charge on any atom is -0.379 e. The first-order valence-electron chi connectivity index (χ1n) is 7.39. The van der Waals surface area contributed by atoms with Gasteiger partial charge < -0.3 is 15.0 Å². The molecule has 1 unspecified atom stereocenters. The normalized spacial score (nSPS) is 19.7. The van der Waals surface area contributed by atoms with Gasteiger partial charge in [0.2, 0.25) is 5.89 Å². The number of ether oxygens (including phenoxy) is 1. The Morgan fingerprint density at radius 1 is 1.37 bits per heavy atom. The van der Waals surface area contributed by atoms with Crippen LogP contribution >= 0.6 is 0 Å². The predicted octanol–water partition coefficient (Wildman–Crippen LogP) is 2.72. The van der Waals surface area contributed by atoms with Crippen molar-refractivity contribution in [3.63, 3.8) is 0 Å². The molecule has 2 N–H and O–H groups in total. The molecule has 1 heterocycles. The van der Waals surface area contributed by atoms with Crippen LogP contribution in [0.1, 0.15) is 70.1 Å². The monoisotopic (exact) mass is 267 g/mol. The van der Waals surface area contributed by atoms with E-state index in [2.05, 4.69) is 24.0 Å².